The van der Waals surface area contributed by atoms with Gasteiger partial charge in [-0.25, -0.2) is 4.79 Å². The number of allylic oxidation sites excluding steroid dienone is 4. The fraction of sp³-hybridized carbons (Fsp3) is 0.174. The molecule has 0 radical (unpaired) electrons. The van der Waals surface area contributed by atoms with Crippen LogP contribution in [0, 0.1) is 0 Å². The lowest BCUT2D eigenvalue weighted by Gasteiger charge is -2.34. The third-order valence-corrected chi connectivity index (χ3v) is 5.14. The first-order valence-corrected chi connectivity index (χ1v) is 9.13. The third-order valence-electron chi connectivity index (χ3n) is 5.14. The van der Waals surface area contributed by atoms with Gasteiger partial charge < -0.3 is 4.74 Å². The fourth-order valence-corrected chi connectivity index (χ4v) is 3.93. The molecule has 5 heteroatoms. The number of carbonyl (C=O) groups is 1. The molecule has 0 fully saturated rings. The lowest BCUT2D eigenvalue weighted by Crippen LogP contribution is -2.31. The molecule has 3 aromatic rings. The summed E-state index contributed by atoms with van der Waals surface area (Å²) in [6, 6.07) is 14.1. The van der Waals surface area contributed by atoms with Crippen molar-refractivity contribution in [3.05, 3.63) is 89.7 Å². The van der Waals surface area contributed by atoms with Gasteiger partial charge in [0, 0.05) is 41.3 Å². The number of aromatic nitrogens is 2. The zero-order valence-corrected chi connectivity index (χ0v) is 16.1. The van der Waals surface area contributed by atoms with E-state index < -0.39 is 6.09 Å². The second-order valence-electron chi connectivity index (χ2n) is 6.75. The number of benzene rings is 1. The van der Waals surface area contributed by atoms with Gasteiger partial charge in [-0.15, -0.1) is 0 Å². The predicted octanol–water partition coefficient (Wildman–Crippen LogP) is 5.13. The van der Waals surface area contributed by atoms with Crippen molar-refractivity contribution in [1.29, 1.82) is 0 Å². The second kappa shape index (κ2) is 7.27. The maximum Gasteiger partial charge on any atom is 0.418 e. The molecule has 1 amide bonds. The van der Waals surface area contributed by atoms with E-state index >= 15 is 0 Å². The summed E-state index contributed by atoms with van der Waals surface area (Å²) in [6.45, 7) is 3.88. The van der Waals surface area contributed by atoms with Gasteiger partial charge in [-0.05, 0) is 48.7 Å². The van der Waals surface area contributed by atoms with E-state index in [-0.39, 0.29) is 5.92 Å². The van der Waals surface area contributed by atoms with Gasteiger partial charge in [-0.1, -0.05) is 30.3 Å². The Morgan fingerprint density at radius 2 is 1.89 bits per heavy atom. The molecule has 1 atom stereocenters. The lowest BCUT2D eigenvalue weighted by atomic mass is 9.82. The molecule has 1 aromatic carbocycles. The Labute approximate surface area is 164 Å². The highest BCUT2D eigenvalue weighted by Crippen LogP contribution is 2.43. The van der Waals surface area contributed by atoms with Crippen LogP contribution in [0.5, 0.6) is 0 Å². The number of hydrogen-bond donors (Lipinski definition) is 0. The number of methoxy groups -OCH3 is 1. The molecule has 1 aliphatic rings. The number of amides is 1. The maximum absolute atomic E-state index is 12.4. The normalized spacial score (nSPS) is 16.9. The van der Waals surface area contributed by atoms with Crippen LogP contribution in [0.15, 0.2) is 78.5 Å². The number of para-hydroxylation sites is 1. The first-order valence-electron chi connectivity index (χ1n) is 9.13. The molecule has 0 saturated carbocycles. The van der Waals surface area contributed by atoms with Crippen LogP contribution in [-0.4, -0.2) is 28.1 Å². The Bertz CT molecular complexity index is 1100. The number of pyridine rings is 2. The van der Waals surface area contributed by atoms with E-state index in [1.807, 2.05) is 62.6 Å². The first-order chi connectivity index (χ1) is 13.6. The molecule has 1 aliphatic heterocycles. The Morgan fingerprint density at radius 3 is 2.64 bits per heavy atom. The van der Waals surface area contributed by atoms with Gasteiger partial charge in [-0.2, -0.15) is 0 Å². The quantitative estimate of drug-likeness (QED) is 0.627. The van der Waals surface area contributed by atoms with Crippen LogP contribution in [0.1, 0.15) is 30.9 Å². The fourth-order valence-electron chi connectivity index (χ4n) is 3.93. The SMILES string of the molecule is COC(=O)N1C(C)=CC(c2ccnc3ccccc23)C(c2cccnc2)=C1C. The minimum absolute atomic E-state index is 0.0296. The zero-order valence-electron chi connectivity index (χ0n) is 16.1. The van der Waals surface area contributed by atoms with E-state index in [0.717, 1.165) is 39.0 Å². The van der Waals surface area contributed by atoms with Crippen molar-refractivity contribution in [3.8, 4) is 0 Å². The van der Waals surface area contributed by atoms with Gasteiger partial charge in [0.05, 0.1) is 12.6 Å². The lowest BCUT2D eigenvalue weighted by molar-refractivity contribution is 0.145. The summed E-state index contributed by atoms with van der Waals surface area (Å²) in [5.41, 5.74) is 5.77. The van der Waals surface area contributed by atoms with Crippen molar-refractivity contribution in [2.45, 2.75) is 19.8 Å². The highest BCUT2D eigenvalue weighted by molar-refractivity contribution is 5.89. The molecule has 0 spiro atoms. The topological polar surface area (TPSA) is 55.3 Å². The Hall–Kier alpha value is -3.47. The van der Waals surface area contributed by atoms with Crippen LogP contribution in [-0.2, 0) is 4.74 Å². The molecule has 0 N–H and O–H groups in total. The van der Waals surface area contributed by atoms with Crippen LogP contribution in [0.4, 0.5) is 4.79 Å². The molecule has 140 valence electrons. The van der Waals surface area contributed by atoms with Crippen LogP contribution in [0.3, 0.4) is 0 Å². The standard InChI is InChI=1S/C23H21N3O2/c1-15-13-20(18-10-12-25-21-9-5-4-8-19(18)21)22(17-7-6-11-24-14-17)16(2)26(15)23(27)28-3/h4-14,20H,1-3H3. The van der Waals surface area contributed by atoms with E-state index in [2.05, 4.69) is 22.1 Å². The van der Waals surface area contributed by atoms with Crippen molar-refractivity contribution >= 4 is 22.6 Å². The summed E-state index contributed by atoms with van der Waals surface area (Å²) < 4.78 is 5.01. The number of carbonyl (C=O) groups excluding carboxylic acids is 1. The molecule has 4 rings (SSSR count). The van der Waals surface area contributed by atoms with Crippen molar-refractivity contribution in [2.75, 3.05) is 7.11 Å². The van der Waals surface area contributed by atoms with Crippen molar-refractivity contribution < 1.29 is 9.53 Å². The maximum atomic E-state index is 12.4. The van der Waals surface area contributed by atoms with Gasteiger partial charge in [0.2, 0.25) is 0 Å². The number of hydrogen-bond acceptors (Lipinski definition) is 4. The van der Waals surface area contributed by atoms with Crippen LogP contribution >= 0.6 is 0 Å². The first kappa shape index (κ1) is 17.9. The van der Waals surface area contributed by atoms with E-state index in [1.54, 1.807) is 11.1 Å². The number of rotatable bonds is 2. The number of nitrogens with zero attached hydrogens (tertiary/aromatic N) is 3. The van der Waals surface area contributed by atoms with E-state index in [0.29, 0.717) is 0 Å². The Balaban J connectivity index is 1.97. The molecule has 5 nitrogen and oxygen atoms in total. The molecule has 1 unspecified atom stereocenters. The monoisotopic (exact) mass is 371 g/mol. The van der Waals surface area contributed by atoms with Crippen LogP contribution < -0.4 is 0 Å². The van der Waals surface area contributed by atoms with Gasteiger partial charge in [0.15, 0.2) is 0 Å². The summed E-state index contributed by atoms with van der Waals surface area (Å²) in [5, 5.41) is 1.10. The molecular formula is C23H21N3O2. The molecular weight excluding hydrogens is 350 g/mol. The van der Waals surface area contributed by atoms with Gasteiger partial charge in [0.1, 0.15) is 0 Å². The third kappa shape index (κ3) is 2.95. The number of ether oxygens (including phenoxy) is 1. The van der Waals surface area contributed by atoms with Gasteiger partial charge >= 0.3 is 6.09 Å². The predicted molar refractivity (Wildman–Crippen MR) is 109 cm³/mol. The second-order valence-corrected chi connectivity index (χ2v) is 6.75. The summed E-state index contributed by atoms with van der Waals surface area (Å²) in [4.78, 5) is 22.8. The number of fused-ring (bicyclic) bond motifs is 1. The zero-order chi connectivity index (χ0) is 19.7. The van der Waals surface area contributed by atoms with Crippen molar-refractivity contribution in [3.63, 3.8) is 0 Å². The average Bonchev–Trinajstić information content (AvgIpc) is 2.73. The van der Waals surface area contributed by atoms with Crippen LogP contribution in [0.25, 0.3) is 16.5 Å². The van der Waals surface area contributed by atoms with E-state index in [1.165, 1.54) is 7.11 Å². The van der Waals surface area contributed by atoms with Crippen molar-refractivity contribution in [2.24, 2.45) is 0 Å². The summed E-state index contributed by atoms with van der Waals surface area (Å²) in [7, 11) is 1.40. The largest absolute Gasteiger partial charge is 0.452 e. The van der Waals surface area contributed by atoms with Crippen molar-refractivity contribution in [1.82, 2.24) is 14.9 Å². The highest BCUT2D eigenvalue weighted by Gasteiger charge is 2.31. The van der Waals surface area contributed by atoms with Gasteiger partial charge in [-0.3, -0.25) is 14.9 Å². The summed E-state index contributed by atoms with van der Waals surface area (Å²) in [5.74, 6) is -0.0296. The molecule has 2 aromatic heterocycles. The minimum atomic E-state index is -0.398. The molecule has 0 saturated heterocycles. The molecule has 28 heavy (non-hydrogen) atoms. The van der Waals surface area contributed by atoms with Crippen LogP contribution in [0.2, 0.25) is 0 Å². The molecule has 0 bridgehead atoms. The van der Waals surface area contributed by atoms with E-state index in [4.69, 9.17) is 4.74 Å². The minimum Gasteiger partial charge on any atom is -0.452 e. The smallest absolute Gasteiger partial charge is 0.418 e. The summed E-state index contributed by atoms with van der Waals surface area (Å²) >= 11 is 0. The van der Waals surface area contributed by atoms with Gasteiger partial charge in [0.25, 0.3) is 0 Å². The Morgan fingerprint density at radius 1 is 1.07 bits per heavy atom. The molecule has 3 heterocycles. The average molecular weight is 371 g/mol. The Kier molecular flexibility index (Phi) is 4.65. The van der Waals surface area contributed by atoms with E-state index in [9.17, 15) is 4.79 Å². The molecule has 0 aliphatic carbocycles. The highest BCUT2D eigenvalue weighted by atomic mass is 16.5. The summed E-state index contributed by atoms with van der Waals surface area (Å²) in [6.07, 6.45) is 7.13.